The van der Waals surface area contributed by atoms with Crippen LogP contribution in [0, 0.1) is 0 Å². The van der Waals surface area contributed by atoms with Gasteiger partial charge in [-0.05, 0) is 163 Å². The van der Waals surface area contributed by atoms with E-state index in [2.05, 4.69) is 5.32 Å². The molecule has 3 unspecified atom stereocenters. The molecule has 0 saturated heterocycles. The molecule has 3 atom stereocenters. The van der Waals surface area contributed by atoms with Crippen molar-refractivity contribution in [2.75, 3.05) is 22.2 Å². The number of benzene rings is 8. The lowest BCUT2D eigenvalue weighted by atomic mass is 9.74. The molecule has 0 aliphatic carbocycles. The molecule has 3 heterocycles. The highest BCUT2D eigenvalue weighted by Gasteiger charge is 2.57. The Labute approximate surface area is 548 Å². The molecule has 17 nitrogen and oxygen atoms in total. The van der Waals surface area contributed by atoms with E-state index in [1.54, 1.807) is 0 Å². The molecule has 0 bridgehead atoms. The van der Waals surface area contributed by atoms with Crippen molar-refractivity contribution in [3.63, 3.8) is 0 Å². The van der Waals surface area contributed by atoms with Crippen molar-refractivity contribution in [3.8, 4) is 0 Å². The first-order valence-electron chi connectivity index (χ1n) is 29.6. The number of nitrogens with zero attached hydrogens (tertiary/aromatic N) is 3. The number of carboxylic acids is 2. The number of anilines is 3. The molecular formula is C72H49F9N4O13. The highest BCUT2D eigenvalue weighted by molar-refractivity contribution is 6.36. The predicted molar refractivity (Wildman–Crippen MR) is 332 cm³/mol. The number of nitrogens with one attached hydrogen (secondary N) is 1. The monoisotopic (exact) mass is 1350 g/mol. The van der Waals surface area contributed by atoms with Crippen LogP contribution in [0.15, 0.2) is 164 Å². The summed E-state index contributed by atoms with van der Waals surface area (Å²) in [7, 11) is 1.17. The van der Waals surface area contributed by atoms with Gasteiger partial charge in [-0.2, -0.15) is 39.5 Å². The Morgan fingerprint density at radius 3 is 1.17 bits per heavy atom. The molecule has 8 aromatic carbocycles. The van der Waals surface area contributed by atoms with E-state index in [4.69, 9.17) is 0 Å². The second kappa shape index (κ2) is 23.9. The number of hydrogen-bond acceptors (Lipinski definition) is 11. The zero-order valence-corrected chi connectivity index (χ0v) is 51.6. The topological polar surface area (TPSA) is 250 Å². The van der Waals surface area contributed by atoms with Gasteiger partial charge in [0.05, 0.1) is 61.4 Å². The van der Waals surface area contributed by atoms with Gasteiger partial charge in [-0.1, -0.05) is 67.6 Å². The molecule has 0 aromatic heterocycles. The number of ketones is 2. The van der Waals surface area contributed by atoms with Crippen LogP contribution in [0.4, 0.5) is 56.6 Å². The fourth-order valence-electron chi connectivity index (χ4n) is 12.4. The van der Waals surface area contributed by atoms with E-state index in [0.717, 1.165) is 140 Å². The van der Waals surface area contributed by atoms with Gasteiger partial charge in [-0.3, -0.25) is 48.1 Å². The molecule has 26 heteroatoms. The van der Waals surface area contributed by atoms with Crippen molar-refractivity contribution in [2.45, 2.75) is 75.3 Å². The first-order chi connectivity index (χ1) is 45.9. The molecule has 0 radical (unpaired) electrons. The zero-order valence-electron chi connectivity index (χ0n) is 51.6. The van der Waals surface area contributed by atoms with Crippen molar-refractivity contribution < 1.29 is 102 Å². The van der Waals surface area contributed by atoms with Crippen LogP contribution in [0.2, 0.25) is 0 Å². The van der Waals surface area contributed by atoms with Crippen LogP contribution < -0.4 is 15.1 Å². The maximum absolute atomic E-state index is 15.8. The van der Waals surface area contributed by atoms with Gasteiger partial charge in [0.15, 0.2) is 11.6 Å². The third kappa shape index (κ3) is 10.8. The van der Waals surface area contributed by atoms with E-state index in [1.807, 2.05) is 0 Å². The van der Waals surface area contributed by atoms with Crippen LogP contribution in [0.25, 0.3) is 0 Å². The van der Waals surface area contributed by atoms with Gasteiger partial charge in [0, 0.05) is 36.7 Å². The first kappa shape index (κ1) is 67.7. The number of carbonyl (C=O) groups excluding carboxylic acids is 9. The summed E-state index contributed by atoms with van der Waals surface area (Å²) in [6.07, 6.45) is -16.0. The number of imide groups is 3. The summed E-state index contributed by atoms with van der Waals surface area (Å²) in [6.45, 7) is 3.74. The number of rotatable bonds is 17. The average Bonchev–Trinajstić information content (AvgIpc) is 1.47. The molecule has 3 aliphatic rings. The van der Waals surface area contributed by atoms with Crippen LogP contribution in [-0.4, -0.2) is 106 Å². The summed E-state index contributed by atoms with van der Waals surface area (Å²) < 4.78 is 138. The van der Waals surface area contributed by atoms with E-state index in [0.29, 0.717) is 22.8 Å². The number of Topliss-reactive ketones (excluding diaryl/α,β-unsaturated/α-hetero) is 2. The molecule has 0 spiro atoms. The number of alkyl halides is 9. The fraction of sp³-hybridized carbons (Fsp3) is 0.181. The molecule has 8 aromatic rings. The summed E-state index contributed by atoms with van der Waals surface area (Å²) in [5.41, 5.74) is -16.8. The molecule has 11 rings (SSSR count). The Morgan fingerprint density at radius 1 is 0.398 bits per heavy atom. The van der Waals surface area contributed by atoms with E-state index < -0.39 is 173 Å². The Morgan fingerprint density at radius 2 is 0.755 bits per heavy atom. The molecule has 3 aliphatic heterocycles. The van der Waals surface area contributed by atoms with Gasteiger partial charge in [0.25, 0.3) is 41.4 Å². The van der Waals surface area contributed by atoms with Crippen molar-refractivity contribution in [1.82, 2.24) is 4.90 Å². The van der Waals surface area contributed by atoms with Crippen LogP contribution in [0.5, 0.6) is 0 Å². The third-order valence-electron chi connectivity index (χ3n) is 18.5. The maximum Gasteiger partial charge on any atom is 0.402 e. The Bertz CT molecular complexity index is 4870. The lowest BCUT2D eigenvalue weighted by molar-refractivity contribution is -0.173. The number of halogens is 9. The number of carboxylic acid groups (broad SMARTS) is 2. The van der Waals surface area contributed by atoms with Crippen molar-refractivity contribution >= 4 is 81.9 Å². The molecule has 3 N–H and O–H groups in total. The number of aromatic carboxylic acids is 2. The summed E-state index contributed by atoms with van der Waals surface area (Å²) in [4.78, 5) is 148. The standard InChI is InChI=1S/C72H49F9N4O13/c1-6-56(86)51-30-38(15-26-49(51)65(95)96)67(2,70(73,74)75)37-9-7-8-36(29-37)57(87)28-35-10-17-43(18-11-35)82-58(88)52-31-39(16-27-50(52)66(97)98)68(3,71(76,77)78)41-13-24-47-54(33-41)63(93)84(61(47)91)44-19-21-45(22-20-44)85-62(92)48-25-14-42(34-55(48)64(85)94)69(4,72(79,80)81)40-12-23-46-53(32-40)60(90)83(5)59(46)89/h7-27,29-34H,6,28H2,1-5H3,(H,82,88)(H,95,96)(H,97,98). The predicted octanol–water partition coefficient (Wildman–Crippen LogP) is 13.8. The third-order valence-corrected chi connectivity index (χ3v) is 18.5. The molecule has 0 fully saturated rings. The Balaban J connectivity index is 0.805. The van der Waals surface area contributed by atoms with E-state index in [-0.39, 0.29) is 56.9 Å². The molecule has 7 amide bonds. The minimum Gasteiger partial charge on any atom is -0.478 e. The van der Waals surface area contributed by atoms with Gasteiger partial charge in [-0.15, -0.1) is 0 Å². The van der Waals surface area contributed by atoms with Crippen LogP contribution >= 0.6 is 0 Å². The number of hydrogen-bond donors (Lipinski definition) is 3. The minimum atomic E-state index is -5.28. The highest BCUT2D eigenvalue weighted by atomic mass is 19.4. The summed E-state index contributed by atoms with van der Waals surface area (Å²) in [5.74, 6) is -11.6. The average molecular weight is 1350 g/mol. The van der Waals surface area contributed by atoms with Crippen molar-refractivity contribution in [1.29, 1.82) is 0 Å². The number of fused-ring (bicyclic) bond motifs is 3. The second-order valence-electron chi connectivity index (χ2n) is 24.0. The van der Waals surface area contributed by atoms with Crippen LogP contribution in [0.1, 0.15) is 187 Å². The number of amides is 7. The minimum absolute atomic E-state index is 0.0536. The second-order valence-corrected chi connectivity index (χ2v) is 24.0. The number of carbonyl (C=O) groups is 11. The van der Waals surface area contributed by atoms with Crippen LogP contribution in [-0.2, 0) is 22.7 Å². The normalized spacial score (nSPS) is 15.7. The Hall–Kier alpha value is -11.7. The SMILES string of the molecule is CCC(=O)c1cc(C(C)(c2cccc(C(=O)Cc3ccc(NC(=O)c4cc(C(C)(c5ccc6c(c5)C(=O)N(c5ccc(N7C(=O)c8ccc(C(C)(c9ccc%10c(c9)C(=O)N(C)C%10=O)C(F)(F)F)cc8C7=O)cc5)C6=O)C(F)(F)F)ccc4C(=O)O)cc3)c2)C(F)(F)F)ccc1C(=O)O. The quantitative estimate of drug-likeness (QED) is 0.0436. The Kier molecular flexibility index (Phi) is 16.5. The van der Waals surface area contributed by atoms with Crippen molar-refractivity contribution in [2.24, 2.45) is 0 Å². The lowest BCUT2D eigenvalue weighted by Gasteiger charge is -2.34. The maximum atomic E-state index is 15.8. The fourth-order valence-corrected chi connectivity index (χ4v) is 12.4. The van der Waals surface area contributed by atoms with E-state index >= 15 is 39.5 Å². The summed E-state index contributed by atoms with van der Waals surface area (Å²) in [6, 6.07) is 28.0. The smallest absolute Gasteiger partial charge is 0.402 e. The molecule has 98 heavy (non-hydrogen) atoms. The lowest BCUT2D eigenvalue weighted by Crippen LogP contribution is -2.41. The molecule has 498 valence electrons. The molecular weight excluding hydrogens is 1300 g/mol. The van der Waals surface area contributed by atoms with Gasteiger partial charge in [0.2, 0.25) is 0 Å². The van der Waals surface area contributed by atoms with Crippen LogP contribution in [0.3, 0.4) is 0 Å². The van der Waals surface area contributed by atoms with Crippen molar-refractivity contribution in [3.05, 3.63) is 264 Å². The zero-order chi connectivity index (χ0) is 71.4. The summed E-state index contributed by atoms with van der Waals surface area (Å²) in [5, 5.41) is 22.2. The van der Waals surface area contributed by atoms with E-state index in [9.17, 15) is 63.0 Å². The largest absolute Gasteiger partial charge is 0.478 e. The first-order valence-corrected chi connectivity index (χ1v) is 29.6. The highest BCUT2D eigenvalue weighted by Crippen LogP contribution is 2.51. The van der Waals surface area contributed by atoms with Gasteiger partial charge in [0.1, 0.15) is 16.2 Å². The van der Waals surface area contributed by atoms with E-state index in [1.165, 1.54) is 50.4 Å². The molecule has 0 saturated carbocycles. The summed E-state index contributed by atoms with van der Waals surface area (Å²) >= 11 is 0. The van der Waals surface area contributed by atoms with Gasteiger partial charge < -0.3 is 15.5 Å². The van der Waals surface area contributed by atoms with Gasteiger partial charge in [-0.25, -0.2) is 19.4 Å². The van der Waals surface area contributed by atoms with Gasteiger partial charge >= 0.3 is 30.5 Å².